The highest BCUT2D eigenvalue weighted by atomic mass is 79.9. The van der Waals surface area contributed by atoms with E-state index in [1.807, 2.05) is 6.07 Å². The molecule has 2 rings (SSSR count). The highest BCUT2D eigenvalue weighted by molar-refractivity contribution is 9.10. The summed E-state index contributed by atoms with van der Waals surface area (Å²) in [5.41, 5.74) is 12.6. The van der Waals surface area contributed by atoms with E-state index in [-0.39, 0.29) is 11.8 Å². The third-order valence-electron chi connectivity index (χ3n) is 2.52. The second kappa shape index (κ2) is 5.90. The second-order valence-electron chi connectivity index (χ2n) is 3.86. The standard InChI is InChI=1S/C11H10BrCl2N5/c12-6-3-5(7(13)4-8(6)14)1-2-9-10(15)17-11(16)19-18-9/h3-4H,1-2H2,(H4,15,16,17,19). The molecule has 2 aromatic rings. The van der Waals surface area contributed by atoms with Gasteiger partial charge in [0.2, 0.25) is 5.95 Å². The summed E-state index contributed by atoms with van der Waals surface area (Å²) in [6.45, 7) is 0. The Hall–Kier alpha value is -1.11. The Morgan fingerprint density at radius 1 is 1.05 bits per heavy atom. The highest BCUT2D eigenvalue weighted by Crippen LogP contribution is 2.30. The molecule has 0 radical (unpaired) electrons. The van der Waals surface area contributed by atoms with Crippen LogP contribution in [0, 0.1) is 0 Å². The van der Waals surface area contributed by atoms with Gasteiger partial charge >= 0.3 is 0 Å². The first-order chi connectivity index (χ1) is 8.97. The monoisotopic (exact) mass is 361 g/mol. The van der Waals surface area contributed by atoms with E-state index in [9.17, 15) is 0 Å². The Labute approximate surface area is 128 Å². The Kier molecular flexibility index (Phi) is 4.44. The lowest BCUT2D eigenvalue weighted by Crippen LogP contribution is -2.08. The summed E-state index contributed by atoms with van der Waals surface area (Å²) in [7, 11) is 0. The molecule has 0 unspecified atom stereocenters. The van der Waals surface area contributed by atoms with Gasteiger partial charge in [-0.1, -0.05) is 23.2 Å². The minimum atomic E-state index is 0.0634. The van der Waals surface area contributed by atoms with Crippen molar-refractivity contribution in [3.63, 3.8) is 0 Å². The molecule has 0 bridgehead atoms. The fourth-order valence-electron chi connectivity index (χ4n) is 1.56. The average Bonchev–Trinajstić information content (AvgIpc) is 2.34. The summed E-state index contributed by atoms with van der Waals surface area (Å²) >= 11 is 15.4. The van der Waals surface area contributed by atoms with E-state index in [4.69, 9.17) is 34.7 Å². The maximum Gasteiger partial charge on any atom is 0.242 e. The topological polar surface area (TPSA) is 90.7 Å². The molecule has 0 aliphatic heterocycles. The molecule has 0 spiro atoms. The Morgan fingerprint density at radius 2 is 1.79 bits per heavy atom. The van der Waals surface area contributed by atoms with E-state index in [0.29, 0.717) is 28.6 Å². The van der Waals surface area contributed by atoms with Gasteiger partial charge in [-0.25, -0.2) is 0 Å². The Bertz CT molecular complexity index is 620. The van der Waals surface area contributed by atoms with Gasteiger partial charge in [0.05, 0.1) is 5.02 Å². The van der Waals surface area contributed by atoms with Crippen LogP contribution in [-0.2, 0) is 12.8 Å². The number of halogens is 3. The van der Waals surface area contributed by atoms with Crippen LogP contribution in [0.2, 0.25) is 10.0 Å². The van der Waals surface area contributed by atoms with Crippen LogP contribution in [0.4, 0.5) is 11.8 Å². The van der Waals surface area contributed by atoms with Crippen LogP contribution in [-0.4, -0.2) is 15.2 Å². The van der Waals surface area contributed by atoms with E-state index in [2.05, 4.69) is 31.1 Å². The largest absolute Gasteiger partial charge is 0.382 e. The Morgan fingerprint density at radius 3 is 2.47 bits per heavy atom. The van der Waals surface area contributed by atoms with Crippen molar-refractivity contribution in [1.82, 2.24) is 15.2 Å². The van der Waals surface area contributed by atoms with Gasteiger partial charge in [0.1, 0.15) is 5.69 Å². The first kappa shape index (κ1) is 14.3. The molecular weight excluding hydrogens is 353 g/mol. The SMILES string of the molecule is Nc1nnc(CCc2cc(Br)c(Cl)cc2Cl)c(N)n1. The highest BCUT2D eigenvalue weighted by Gasteiger charge is 2.09. The fraction of sp³-hybridized carbons (Fsp3) is 0.182. The molecule has 100 valence electrons. The van der Waals surface area contributed by atoms with Crippen molar-refractivity contribution in [3.05, 3.63) is 37.9 Å². The average molecular weight is 363 g/mol. The number of hydrogen-bond donors (Lipinski definition) is 2. The zero-order valence-electron chi connectivity index (χ0n) is 9.70. The van der Waals surface area contributed by atoms with Gasteiger partial charge < -0.3 is 11.5 Å². The summed E-state index contributed by atoms with van der Waals surface area (Å²) in [4.78, 5) is 3.86. The van der Waals surface area contributed by atoms with Crippen LogP contribution in [0.25, 0.3) is 0 Å². The molecule has 8 heteroatoms. The van der Waals surface area contributed by atoms with Crippen LogP contribution in [0.5, 0.6) is 0 Å². The van der Waals surface area contributed by atoms with Crippen molar-refractivity contribution in [2.24, 2.45) is 0 Å². The van der Waals surface area contributed by atoms with E-state index >= 15 is 0 Å². The predicted octanol–water partition coefficient (Wildman–Crippen LogP) is 2.89. The summed E-state index contributed by atoms with van der Waals surface area (Å²) < 4.78 is 0.794. The molecule has 4 N–H and O–H groups in total. The van der Waals surface area contributed by atoms with Crippen LogP contribution in [0.1, 0.15) is 11.3 Å². The minimum absolute atomic E-state index is 0.0634. The van der Waals surface area contributed by atoms with Crippen LogP contribution in [0.3, 0.4) is 0 Å². The molecule has 5 nitrogen and oxygen atoms in total. The van der Waals surface area contributed by atoms with E-state index < -0.39 is 0 Å². The van der Waals surface area contributed by atoms with Crippen molar-refractivity contribution in [2.45, 2.75) is 12.8 Å². The van der Waals surface area contributed by atoms with Gasteiger partial charge in [0, 0.05) is 9.50 Å². The molecule has 0 saturated heterocycles. The van der Waals surface area contributed by atoms with Crippen molar-refractivity contribution in [3.8, 4) is 0 Å². The maximum absolute atomic E-state index is 6.12. The van der Waals surface area contributed by atoms with Gasteiger partial charge in [-0.2, -0.15) is 4.98 Å². The molecule has 0 saturated carbocycles. The third-order valence-corrected chi connectivity index (χ3v) is 4.07. The lowest BCUT2D eigenvalue weighted by Gasteiger charge is -2.07. The second-order valence-corrected chi connectivity index (χ2v) is 5.53. The van der Waals surface area contributed by atoms with Crippen molar-refractivity contribution in [1.29, 1.82) is 0 Å². The summed E-state index contributed by atoms with van der Waals surface area (Å²) in [5.74, 6) is 0.352. The van der Waals surface area contributed by atoms with E-state index in [1.165, 1.54) is 0 Å². The zero-order valence-corrected chi connectivity index (χ0v) is 12.8. The number of nitrogens with zero attached hydrogens (tertiary/aromatic N) is 3. The molecule has 0 fully saturated rings. The van der Waals surface area contributed by atoms with Gasteiger partial charge in [-0.05, 0) is 46.5 Å². The number of aryl methyl sites for hydroxylation is 2. The Balaban J connectivity index is 2.16. The van der Waals surface area contributed by atoms with Crippen LogP contribution >= 0.6 is 39.1 Å². The molecule has 0 atom stereocenters. The fourth-order valence-corrected chi connectivity index (χ4v) is 2.43. The van der Waals surface area contributed by atoms with E-state index in [0.717, 1.165) is 10.0 Å². The van der Waals surface area contributed by atoms with Gasteiger partial charge in [0.25, 0.3) is 0 Å². The number of rotatable bonds is 3. The molecule has 1 aromatic carbocycles. The lowest BCUT2D eigenvalue weighted by molar-refractivity contribution is 0.846. The summed E-state index contributed by atoms with van der Waals surface area (Å²) in [6, 6.07) is 3.57. The first-order valence-corrected chi connectivity index (χ1v) is 6.90. The number of nitrogen functional groups attached to an aromatic ring is 2. The molecule has 19 heavy (non-hydrogen) atoms. The number of aromatic nitrogens is 3. The maximum atomic E-state index is 6.12. The smallest absolute Gasteiger partial charge is 0.242 e. The number of hydrogen-bond acceptors (Lipinski definition) is 5. The predicted molar refractivity (Wildman–Crippen MR) is 80.2 cm³/mol. The number of nitrogens with two attached hydrogens (primary N) is 2. The number of benzene rings is 1. The summed E-state index contributed by atoms with van der Waals surface area (Å²) in [6.07, 6.45) is 1.22. The minimum Gasteiger partial charge on any atom is -0.382 e. The molecule has 0 aliphatic rings. The molecule has 1 heterocycles. The molecular formula is C11H10BrCl2N5. The van der Waals surface area contributed by atoms with Gasteiger partial charge in [-0.15, -0.1) is 10.2 Å². The third kappa shape index (κ3) is 3.46. The van der Waals surface area contributed by atoms with Crippen molar-refractivity contribution in [2.75, 3.05) is 11.5 Å². The van der Waals surface area contributed by atoms with Crippen LogP contribution < -0.4 is 11.5 Å². The zero-order chi connectivity index (χ0) is 14.0. The normalized spacial score (nSPS) is 10.7. The molecule has 1 aromatic heterocycles. The lowest BCUT2D eigenvalue weighted by atomic mass is 10.1. The van der Waals surface area contributed by atoms with Crippen LogP contribution in [0.15, 0.2) is 16.6 Å². The van der Waals surface area contributed by atoms with Crippen molar-refractivity contribution >= 4 is 50.9 Å². The van der Waals surface area contributed by atoms with E-state index in [1.54, 1.807) is 6.07 Å². The van der Waals surface area contributed by atoms with Crippen molar-refractivity contribution < 1.29 is 0 Å². The quantitative estimate of drug-likeness (QED) is 0.819. The van der Waals surface area contributed by atoms with Gasteiger partial charge in [0.15, 0.2) is 5.82 Å². The van der Waals surface area contributed by atoms with Gasteiger partial charge in [-0.3, -0.25) is 0 Å². The first-order valence-electron chi connectivity index (χ1n) is 5.35. The molecule has 0 amide bonds. The summed E-state index contributed by atoms with van der Waals surface area (Å²) in [5, 5.41) is 8.77. The molecule has 0 aliphatic carbocycles. The number of anilines is 2.